The van der Waals surface area contributed by atoms with Gasteiger partial charge in [0.25, 0.3) is 0 Å². The highest BCUT2D eigenvalue weighted by atomic mass is 16.1. The molecule has 1 amide bonds. The van der Waals surface area contributed by atoms with Crippen LogP contribution in [0.5, 0.6) is 0 Å². The third-order valence-electron chi connectivity index (χ3n) is 3.22. The first-order chi connectivity index (χ1) is 8.68. The summed E-state index contributed by atoms with van der Waals surface area (Å²) in [6.45, 7) is 4.75. The first-order valence-corrected chi connectivity index (χ1v) is 7.38. The van der Waals surface area contributed by atoms with Gasteiger partial charge in [-0.15, -0.1) is 0 Å². The lowest BCUT2D eigenvalue weighted by molar-refractivity contribution is -0.122. The molecule has 0 aromatic heterocycles. The summed E-state index contributed by atoms with van der Waals surface area (Å²) in [7, 11) is 0. The first-order valence-electron chi connectivity index (χ1n) is 7.38. The fourth-order valence-electron chi connectivity index (χ4n) is 1.93. The predicted molar refractivity (Wildman–Crippen MR) is 82.2 cm³/mol. The molecule has 0 saturated heterocycles. The molecule has 0 radical (unpaired) electrons. The van der Waals surface area contributed by atoms with Gasteiger partial charge in [0.15, 0.2) is 0 Å². The van der Waals surface area contributed by atoms with E-state index in [-0.39, 0.29) is 13.3 Å². The second kappa shape index (κ2) is 15.2. The van der Waals surface area contributed by atoms with E-state index in [0.717, 1.165) is 32.2 Å². The van der Waals surface area contributed by atoms with E-state index in [1.165, 1.54) is 38.5 Å². The minimum absolute atomic E-state index is 0. The van der Waals surface area contributed by atoms with Crippen molar-refractivity contribution in [3.8, 4) is 0 Å². The van der Waals surface area contributed by atoms with Crippen LogP contribution >= 0.6 is 0 Å². The van der Waals surface area contributed by atoms with E-state index in [0.29, 0.717) is 5.78 Å². The Hall–Kier alpha value is -0.860. The highest BCUT2D eigenvalue weighted by molar-refractivity contribution is 5.80. The number of carbonyl (C=O) groups is 2. The third-order valence-corrected chi connectivity index (χ3v) is 3.22. The lowest BCUT2D eigenvalue weighted by atomic mass is 10.0. The van der Waals surface area contributed by atoms with Crippen molar-refractivity contribution in [1.29, 1.82) is 0 Å². The van der Waals surface area contributed by atoms with Crippen molar-refractivity contribution in [1.82, 2.24) is 5.32 Å². The molecule has 0 saturated carbocycles. The molecule has 19 heavy (non-hydrogen) atoms. The monoisotopic (exact) mass is 271 g/mol. The Morgan fingerprint density at radius 2 is 1.42 bits per heavy atom. The van der Waals surface area contributed by atoms with E-state index >= 15 is 0 Å². The number of amides is 1. The Balaban J connectivity index is 0. The quantitative estimate of drug-likeness (QED) is 0.405. The van der Waals surface area contributed by atoms with Crippen molar-refractivity contribution in [2.24, 2.45) is 5.92 Å². The molecule has 0 bridgehead atoms. The van der Waals surface area contributed by atoms with Crippen LogP contribution in [0.1, 0.15) is 79.1 Å². The maximum absolute atomic E-state index is 11.4. The topological polar surface area (TPSA) is 46.2 Å². The summed E-state index contributed by atoms with van der Waals surface area (Å²) in [4.78, 5) is 21.4. The van der Waals surface area contributed by atoms with E-state index in [9.17, 15) is 9.59 Å². The van der Waals surface area contributed by atoms with Crippen LogP contribution < -0.4 is 5.32 Å². The smallest absolute Gasteiger partial charge is 0.207 e. The van der Waals surface area contributed by atoms with Crippen molar-refractivity contribution in [3.63, 3.8) is 0 Å². The molecular formula is C16H33NO2. The maximum atomic E-state index is 11.4. The largest absolute Gasteiger partial charge is 0.359 e. The lowest BCUT2D eigenvalue weighted by Crippen LogP contribution is -2.11. The molecule has 0 aromatic carbocycles. The fraction of sp³-hybridized carbons (Fsp3) is 0.875. The second-order valence-corrected chi connectivity index (χ2v) is 5.27. The predicted octanol–water partition coefficient (Wildman–Crippen LogP) is 4.10. The average Bonchev–Trinajstić information content (AvgIpc) is 2.35. The van der Waals surface area contributed by atoms with Crippen LogP contribution in [-0.4, -0.2) is 18.7 Å². The Labute approximate surface area is 119 Å². The van der Waals surface area contributed by atoms with Crippen molar-refractivity contribution in [2.45, 2.75) is 79.1 Å². The van der Waals surface area contributed by atoms with Gasteiger partial charge in [-0.05, 0) is 12.8 Å². The van der Waals surface area contributed by atoms with E-state index in [4.69, 9.17) is 0 Å². The maximum Gasteiger partial charge on any atom is 0.207 e. The van der Waals surface area contributed by atoms with E-state index < -0.39 is 0 Å². The number of nitrogens with one attached hydrogen (secondary N) is 1. The summed E-state index contributed by atoms with van der Waals surface area (Å²) >= 11 is 0. The zero-order valence-electron chi connectivity index (χ0n) is 12.0. The number of rotatable bonds is 13. The highest BCUT2D eigenvalue weighted by Gasteiger charge is 2.05. The normalized spacial score (nSPS) is 10.1. The minimum atomic E-state index is 0. The van der Waals surface area contributed by atoms with Crippen LogP contribution in [0.4, 0.5) is 0 Å². The molecule has 0 heterocycles. The Bertz CT molecular complexity index is 215. The van der Waals surface area contributed by atoms with Gasteiger partial charge < -0.3 is 5.32 Å². The number of unbranched alkanes of at least 4 members (excludes halogenated alkanes) is 7. The molecule has 0 aliphatic carbocycles. The van der Waals surface area contributed by atoms with Gasteiger partial charge in [-0.1, -0.05) is 59.8 Å². The SMILES string of the molecule is C.CC(C)C(=O)CCCCCCCCCCNC=O. The zero-order chi connectivity index (χ0) is 13.6. The van der Waals surface area contributed by atoms with Gasteiger partial charge in [0.1, 0.15) is 5.78 Å². The highest BCUT2D eigenvalue weighted by Crippen LogP contribution is 2.11. The number of ketones is 1. The van der Waals surface area contributed by atoms with Gasteiger partial charge in [-0.25, -0.2) is 0 Å². The second-order valence-electron chi connectivity index (χ2n) is 5.27. The number of hydrogen-bond donors (Lipinski definition) is 1. The van der Waals surface area contributed by atoms with Crippen LogP contribution in [0.25, 0.3) is 0 Å². The minimum Gasteiger partial charge on any atom is -0.359 e. The Morgan fingerprint density at radius 3 is 1.89 bits per heavy atom. The Kier molecular flexibility index (Phi) is 16.4. The average molecular weight is 271 g/mol. The van der Waals surface area contributed by atoms with Crippen molar-refractivity contribution in [2.75, 3.05) is 6.54 Å². The van der Waals surface area contributed by atoms with Gasteiger partial charge >= 0.3 is 0 Å². The molecule has 0 rings (SSSR count). The first kappa shape index (κ1) is 20.5. The van der Waals surface area contributed by atoms with E-state index in [1.54, 1.807) is 0 Å². The van der Waals surface area contributed by atoms with Crippen LogP contribution in [0.2, 0.25) is 0 Å². The standard InChI is InChI=1S/C15H29NO2.CH4/c1-14(2)15(18)11-9-7-5-3-4-6-8-10-12-16-13-17;/h13-14H,3-12H2,1-2H3,(H,16,17);1H4. The van der Waals surface area contributed by atoms with Crippen molar-refractivity contribution < 1.29 is 9.59 Å². The molecule has 0 aliphatic rings. The van der Waals surface area contributed by atoms with E-state index in [1.807, 2.05) is 13.8 Å². The number of carbonyl (C=O) groups excluding carboxylic acids is 2. The van der Waals surface area contributed by atoms with Gasteiger partial charge in [-0.3, -0.25) is 9.59 Å². The van der Waals surface area contributed by atoms with Crippen molar-refractivity contribution >= 4 is 12.2 Å². The molecule has 0 aliphatic heterocycles. The molecule has 3 heteroatoms. The lowest BCUT2D eigenvalue weighted by Gasteiger charge is -2.04. The molecule has 3 nitrogen and oxygen atoms in total. The van der Waals surface area contributed by atoms with Crippen LogP contribution in [0.15, 0.2) is 0 Å². The van der Waals surface area contributed by atoms with Crippen LogP contribution in [0, 0.1) is 5.92 Å². The molecule has 0 spiro atoms. The summed E-state index contributed by atoms with van der Waals surface area (Å²) in [6.07, 6.45) is 11.1. The van der Waals surface area contributed by atoms with Gasteiger partial charge in [0, 0.05) is 18.9 Å². The molecule has 0 atom stereocenters. The zero-order valence-corrected chi connectivity index (χ0v) is 12.0. The fourth-order valence-corrected chi connectivity index (χ4v) is 1.93. The van der Waals surface area contributed by atoms with Crippen molar-refractivity contribution in [3.05, 3.63) is 0 Å². The molecular weight excluding hydrogens is 238 g/mol. The van der Waals surface area contributed by atoms with Gasteiger partial charge in [0.2, 0.25) is 6.41 Å². The molecule has 1 N–H and O–H groups in total. The summed E-state index contributed by atoms with van der Waals surface area (Å²) in [5.74, 6) is 0.600. The molecule has 114 valence electrons. The summed E-state index contributed by atoms with van der Waals surface area (Å²) < 4.78 is 0. The number of hydrogen-bond acceptors (Lipinski definition) is 2. The summed E-state index contributed by atoms with van der Waals surface area (Å²) in [5, 5.41) is 2.67. The number of Topliss-reactive ketones (excluding diaryl/α,β-unsaturated/α-hetero) is 1. The Morgan fingerprint density at radius 1 is 0.947 bits per heavy atom. The third kappa shape index (κ3) is 15.1. The van der Waals surface area contributed by atoms with Crippen LogP contribution in [0.3, 0.4) is 0 Å². The molecule has 0 fully saturated rings. The van der Waals surface area contributed by atoms with Crippen LogP contribution in [-0.2, 0) is 9.59 Å². The van der Waals surface area contributed by atoms with E-state index in [2.05, 4.69) is 5.32 Å². The molecule has 0 unspecified atom stereocenters. The summed E-state index contributed by atoms with van der Waals surface area (Å²) in [6, 6.07) is 0. The molecule has 0 aromatic rings. The van der Waals surface area contributed by atoms with Gasteiger partial charge in [0.05, 0.1) is 0 Å². The van der Waals surface area contributed by atoms with Gasteiger partial charge in [-0.2, -0.15) is 0 Å². The summed E-state index contributed by atoms with van der Waals surface area (Å²) in [5.41, 5.74) is 0.